The van der Waals surface area contributed by atoms with Gasteiger partial charge in [-0.25, -0.2) is 0 Å². The summed E-state index contributed by atoms with van der Waals surface area (Å²) < 4.78 is 6.63. The van der Waals surface area contributed by atoms with Crippen molar-refractivity contribution in [3.63, 3.8) is 0 Å². The quantitative estimate of drug-likeness (QED) is 0.767. The van der Waals surface area contributed by atoms with Gasteiger partial charge in [-0.3, -0.25) is 4.79 Å². The number of benzene rings is 1. The molecular weight excluding hydrogens is 280 g/mol. The molecule has 0 saturated carbocycles. The SMILES string of the molecule is CC(=O)c1ccc(Br)cc1OCCC(C)(C)C. The zero-order valence-electron chi connectivity index (χ0n) is 10.8. The van der Waals surface area contributed by atoms with Crippen LogP contribution < -0.4 is 4.74 Å². The van der Waals surface area contributed by atoms with Gasteiger partial charge in [0.25, 0.3) is 0 Å². The molecule has 0 radical (unpaired) electrons. The summed E-state index contributed by atoms with van der Waals surface area (Å²) in [6, 6.07) is 5.49. The highest BCUT2D eigenvalue weighted by Crippen LogP contribution is 2.26. The van der Waals surface area contributed by atoms with Crippen LogP contribution in [-0.2, 0) is 0 Å². The van der Waals surface area contributed by atoms with E-state index in [0.717, 1.165) is 10.9 Å². The standard InChI is InChI=1S/C14H19BrO2/c1-10(16)12-6-5-11(15)9-13(12)17-8-7-14(2,3)4/h5-6,9H,7-8H2,1-4H3. The van der Waals surface area contributed by atoms with Crippen LogP contribution in [0.5, 0.6) is 5.75 Å². The number of halogens is 1. The zero-order chi connectivity index (χ0) is 13.1. The van der Waals surface area contributed by atoms with Crippen LogP contribution in [0.15, 0.2) is 22.7 Å². The van der Waals surface area contributed by atoms with E-state index in [-0.39, 0.29) is 11.2 Å². The maximum atomic E-state index is 11.4. The van der Waals surface area contributed by atoms with Crippen molar-refractivity contribution in [3.8, 4) is 5.75 Å². The minimum atomic E-state index is 0.0308. The number of carbonyl (C=O) groups excluding carboxylic acids is 1. The van der Waals surface area contributed by atoms with E-state index in [1.807, 2.05) is 12.1 Å². The van der Waals surface area contributed by atoms with Crippen LogP contribution in [0.25, 0.3) is 0 Å². The van der Waals surface area contributed by atoms with Crippen molar-refractivity contribution in [2.75, 3.05) is 6.61 Å². The highest BCUT2D eigenvalue weighted by molar-refractivity contribution is 9.10. The van der Waals surface area contributed by atoms with Crippen LogP contribution in [0.3, 0.4) is 0 Å². The summed E-state index contributed by atoms with van der Waals surface area (Å²) in [5, 5.41) is 0. The highest BCUT2D eigenvalue weighted by atomic mass is 79.9. The van der Waals surface area contributed by atoms with Gasteiger partial charge in [0.2, 0.25) is 0 Å². The Balaban J connectivity index is 2.75. The van der Waals surface area contributed by atoms with Crippen molar-refractivity contribution in [1.29, 1.82) is 0 Å². The topological polar surface area (TPSA) is 26.3 Å². The molecule has 0 N–H and O–H groups in total. The Bertz CT molecular complexity index is 405. The first-order valence-corrected chi connectivity index (χ1v) is 6.52. The molecule has 2 nitrogen and oxygen atoms in total. The lowest BCUT2D eigenvalue weighted by Gasteiger charge is -2.18. The van der Waals surface area contributed by atoms with Crippen molar-refractivity contribution in [2.45, 2.75) is 34.1 Å². The van der Waals surface area contributed by atoms with Gasteiger partial charge in [-0.1, -0.05) is 36.7 Å². The minimum absolute atomic E-state index is 0.0308. The van der Waals surface area contributed by atoms with E-state index in [0.29, 0.717) is 17.9 Å². The summed E-state index contributed by atoms with van der Waals surface area (Å²) in [5.74, 6) is 0.694. The lowest BCUT2D eigenvalue weighted by atomic mass is 9.93. The summed E-state index contributed by atoms with van der Waals surface area (Å²) in [4.78, 5) is 11.4. The molecule has 1 aromatic rings. The molecule has 0 aliphatic carbocycles. The lowest BCUT2D eigenvalue weighted by Crippen LogP contribution is -2.12. The van der Waals surface area contributed by atoms with Gasteiger partial charge >= 0.3 is 0 Å². The fourth-order valence-corrected chi connectivity index (χ4v) is 1.71. The lowest BCUT2D eigenvalue weighted by molar-refractivity contribution is 0.101. The van der Waals surface area contributed by atoms with Crippen molar-refractivity contribution >= 4 is 21.7 Å². The second-order valence-corrected chi connectivity index (χ2v) is 6.27. The third kappa shape index (κ3) is 4.90. The molecule has 0 aromatic heterocycles. The molecule has 94 valence electrons. The maximum absolute atomic E-state index is 11.4. The van der Waals surface area contributed by atoms with Crippen LogP contribution >= 0.6 is 15.9 Å². The van der Waals surface area contributed by atoms with Gasteiger partial charge in [-0.2, -0.15) is 0 Å². The van der Waals surface area contributed by atoms with Crippen LogP contribution in [0, 0.1) is 5.41 Å². The van der Waals surface area contributed by atoms with Gasteiger partial charge in [0.05, 0.1) is 12.2 Å². The minimum Gasteiger partial charge on any atom is -0.493 e. The average Bonchev–Trinajstić information content (AvgIpc) is 2.15. The molecule has 0 unspecified atom stereocenters. The van der Waals surface area contributed by atoms with Crippen LogP contribution in [-0.4, -0.2) is 12.4 Å². The molecule has 1 rings (SSSR count). The van der Waals surface area contributed by atoms with Crippen LogP contribution in [0.4, 0.5) is 0 Å². The molecule has 17 heavy (non-hydrogen) atoms. The summed E-state index contributed by atoms with van der Waals surface area (Å²) in [7, 11) is 0. The van der Waals surface area contributed by atoms with Gasteiger partial charge in [-0.15, -0.1) is 0 Å². The predicted molar refractivity (Wildman–Crippen MR) is 73.7 cm³/mol. The van der Waals surface area contributed by atoms with E-state index in [1.165, 1.54) is 0 Å². The van der Waals surface area contributed by atoms with Crippen molar-refractivity contribution in [2.24, 2.45) is 5.41 Å². The Morgan fingerprint density at radius 1 is 1.35 bits per heavy atom. The number of hydrogen-bond donors (Lipinski definition) is 0. The first-order chi connectivity index (χ1) is 7.79. The van der Waals surface area contributed by atoms with E-state index in [9.17, 15) is 4.79 Å². The summed E-state index contributed by atoms with van der Waals surface area (Å²) >= 11 is 3.39. The highest BCUT2D eigenvalue weighted by Gasteiger charge is 2.12. The summed E-state index contributed by atoms with van der Waals surface area (Å²) in [6.07, 6.45) is 0.955. The van der Waals surface area contributed by atoms with E-state index in [1.54, 1.807) is 13.0 Å². The normalized spacial score (nSPS) is 11.4. The number of ether oxygens (including phenoxy) is 1. The van der Waals surface area contributed by atoms with Gasteiger partial charge < -0.3 is 4.74 Å². The fraction of sp³-hybridized carbons (Fsp3) is 0.500. The molecule has 3 heteroatoms. The number of ketones is 1. The molecule has 0 aliphatic rings. The molecule has 0 saturated heterocycles. The molecule has 0 amide bonds. The maximum Gasteiger partial charge on any atom is 0.163 e. The monoisotopic (exact) mass is 298 g/mol. The average molecular weight is 299 g/mol. The van der Waals surface area contributed by atoms with Crippen LogP contribution in [0.1, 0.15) is 44.5 Å². The largest absolute Gasteiger partial charge is 0.493 e. The number of rotatable bonds is 4. The molecule has 0 fully saturated rings. The molecule has 1 aromatic carbocycles. The molecular formula is C14H19BrO2. The third-order valence-electron chi connectivity index (χ3n) is 2.43. The van der Waals surface area contributed by atoms with Gasteiger partial charge in [0.1, 0.15) is 5.75 Å². The third-order valence-corrected chi connectivity index (χ3v) is 2.93. The number of hydrogen-bond acceptors (Lipinski definition) is 2. The second kappa shape index (κ2) is 5.67. The van der Waals surface area contributed by atoms with Gasteiger partial charge in [-0.05, 0) is 37.0 Å². The fourth-order valence-electron chi connectivity index (χ4n) is 1.37. The van der Waals surface area contributed by atoms with Gasteiger partial charge in [0, 0.05) is 4.47 Å². The Hall–Kier alpha value is -0.830. The number of carbonyl (C=O) groups is 1. The first-order valence-electron chi connectivity index (χ1n) is 5.73. The van der Waals surface area contributed by atoms with Crippen molar-refractivity contribution in [1.82, 2.24) is 0 Å². The van der Waals surface area contributed by atoms with Crippen LogP contribution in [0.2, 0.25) is 0 Å². The van der Waals surface area contributed by atoms with E-state index in [2.05, 4.69) is 36.7 Å². The van der Waals surface area contributed by atoms with E-state index >= 15 is 0 Å². The number of Topliss-reactive ketones (excluding diaryl/α,β-unsaturated/α-hetero) is 1. The first kappa shape index (κ1) is 14.2. The van der Waals surface area contributed by atoms with E-state index < -0.39 is 0 Å². The Kier molecular flexibility index (Phi) is 4.75. The zero-order valence-corrected chi connectivity index (χ0v) is 12.4. The smallest absolute Gasteiger partial charge is 0.163 e. The summed E-state index contributed by atoms with van der Waals surface area (Å²) in [5.41, 5.74) is 0.879. The molecule has 0 atom stereocenters. The second-order valence-electron chi connectivity index (χ2n) is 5.36. The Morgan fingerprint density at radius 2 is 2.00 bits per heavy atom. The summed E-state index contributed by atoms with van der Waals surface area (Å²) in [6.45, 7) is 8.69. The van der Waals surface area contributed by atoms with Gasteiger partial charge in [0.15, 0.2) is 5.78 Å². The van der Waals surface area contributed by atoms with Crippen molar-refractivity contribution < 1.29 is 9.53 Å². The molecule has 0 heterocycles. The van der Waals surface area contributed by atoms with E-state index in [4.69, 9.17) is 4.74 Å². The molecule has 0 aliphatic heterocycles. The Morgan fingerprint density at radius 3 is 2.53 bits per heavy atom. The predicted octanol–water partition coefficient (Wildman–Crippen LogP) is 4.47. The Labute approximate surface area is 111 Å². The van der Waals surface area contributed by atoms with Crippen molar-refractivity contribution in [3.05, 3.63) is 28.2 Å². The molecule has 0 spiro atoms. The molecule has 0 bridgehead atoms.